The quantitative estimate of drug-likeness (QED) is 0.573. The molecule has 2 N–H and O–H groups in total. The van der Waals surface area contributed by atoms with Crippen LogP contribution in [0.1, 0.15) is 44.9 Å². The van der Waals surface area contributed by atoms with Crippen LogP contribution in [0.25, 0.3) is 0 Å². The highest BCUT2D eigenvalue weighted by Crippen LogP contribution is 2.18. The number of halogens is 1. The summed E-state index contributed by atoms with van der Waals surface area (Å²) in [6.07, 6.45) is 6.85. The predicted octanol–water partition coefficient (Wildman–Crippen LogP) is 2.07. The van der Waals surface area contributed by atoms with E-state index < -0.39 is 22.5 Å². The molecular formula is C21H30ClN3O5S. The monoisotopic (exact) mass is 471 g/mol. The van der Waals surface area contributed by atoms with Gasteiger partial charge < -0.3 is 15.0 Å². The van der Waals surface area contributed by atoms with E-state index in [0.29, 0.717) is 11.6 Å². The Bertz CT molecular complexity index is 850. The van der Waals surface area contributed by atoms with Crippen molar-refractivity contribution in [2.75, 3.05) is 26.2 Å². The molecular weight excluding hydrogens is 442 g/mol. The molecule has 31 heavy (non-hydrogen) atoms. The SMILES string of the molecule is O=C(CN(C[C@@H]1CCCO1)C(=O)CNS(=O)(=O)c1ccc(Cl)cc1)NC1CCCCC1. The molecule has 1 aliphatic carbocycles. The van der Waals surface area contributed by atoms with Crippen molar-refractivity contribution in [2.45, 2.75) is 62.0 Å². The third kappa shape index (κ3) is 7.45. The predicted molar refractivity (Wildman–Crippen MR) is 117 cm³/mol. The summed E-state index contributed by atoms with van der Waals surface area (Å²) in [6.45, 7) is 0.343. The molecule has 1 aliphatic heterocycles. The smallest absolute Gasteiger partial charge is 0.241 e. The van der Waals surface area contributed by atoms with Crippen molar-refractivity contribution in [3.63, 3.8) is 0 Å². The van der Waals surface area contributed by atoms with E-state index in [0.717, 1.165) is 38.5 Å². The molecule has 1 heterocycles. The summed E-state index contributed by atoms with van der Waals surface area (Å²) >= 11 is 5.80. The van der Waals surface area contributed by atoms with Gasteiger partial charge in [-0.1, -0.05) is 30.9 Å². The zero-order chi connectivity index (χ0) is 22.3. The molecule has 1 atom stereocenters. The molecule has 8 nitrogen and oxygen atoms in total. The number of nitrogens with one attached hydrogen (secondary N) is 2. The molecule has 0 bridgehead atoms. The normalized spacial score (nSPS) is 19.8. The number of nitrogens with zero attached hydrogens (tertiary/aromatic N) is 1. The van der Waals surface area contributed by atoms with E-state index in [4.69, 9.17) is 16.3 Å². The summed E-state index contributed by atoms with van der Waals surface area (Å²) in [4.78, 5) is 26.8. The molecule has 1 saturated heterocycles. The van der Waals surface area contributed by atoms with Crippen molar-refractivity contribution in [3.8, 4) is 0 Å². The second-order valence-electron chi connectivity index (χ2n) is 8.09. The lowest BCUT2D eigenvalue weighted by atomic mass is 9.95. The zero-order valence-electron chi connectivity index (χ0n) is 17.5. The van der Waals surface area contributed by atoms with Gasteiger partial charge in [0, 0.05) is 24.2 Å². The van der Waals surface area contributed by atoms with Crippen LogP contribution in [0.5, 0.6) is 0 Å². The summed E-state index contributed by atoms with van der Waals surface area (Å²) in [5, 5.41) is 3.43. The fourth-order valence-corrected chi connectivity index (χ4v) is 5.05. The fraction of sp³-hybridized carbons (Fsp3) is 0.619. The molecule has 1 aromatic rings. The highest BCUT2D eigenvalue weighted by atomic mass is 35.5. The summed E-state index contributed by atoms with van der Waals surface area (Å²) in [5.41, 5.74) is 0. The first-order chi connectivity index (χ1) is 14.8. The van der Waals surface area contributed by atoms with E-state index >= 15 is 0 Å². The van der Waals surface area contributed by atoms with Crippen LogP contribution in [0.4, 0.5) is 0 Å². The largest absolute Gasteiger partial charge is 0.376 e. The van der Waals surface area contributed by atoms with Crippen LogP contribution >= 0.6 is 11.6 Å². The Balaban J connectivity index is 1.59. The van der Waals surface area contributed by atoms with Gasteiger partial charge in [-0.15, -0.1) is 0 Å². The number of carbonyl (C=O) groups is 2. The average molecular weight is 472 g/mol. The van der Waals surface area contributed by atoms with Gasteiger partial charge in [0.15, 0.2) is 0 Å². The van der Waals surface area contributed by atoms with Crippen molar-refractivity contribution in [1.29, 1.82) is 0 Å². The lowest BCUT2D eigenvalue weighted by Crippen LogP contribution is -2.49. The Labute approximate surface area is 188 Å². The number of ether oxygens (including phenoxy) is 1. The maximum atomic E-state index is 12.8. The number of hydrogen-bond acceptors (Lipinski definition) is 5. The highest BCUT2D eigenvalue weighted by Gasteiger charge is 2.26. The first kappa shape index (κ1) is 24.0. The third-order valence-corrected chi connectivity index (χ3v) is 7.31. The van der Waals surface area contributed by atoms with Crippen molar-refractivity contribution < 1.29 is 22.7 Å². The minimum atomic E-state index is -3.87. The lowest BCUT2D eigenvalue weighted by molar-refractivity contribution is -0.136. The maximum absolute atomic E-state index is 12.8. The fourth-order valence-electron chi connectivity index (χ4n) is 3.95. The van der Waals surface area contributed by atoms with Gasteiger partial charge in [0.2, 0.25) is 21.8 Å². The first-order valence-corrected chi connectivity index (χ1v) is 12.6. The standard InChI is InChI=1S/C21H30ClN3O5S/c22-16-8-10-19(11-9-16)31(28,29)23-13-21(27)25(14-18-7-4-12-30-18)15-20(26)24-17-5-2-1-3-6-17/h8-11,17-18,23H,1-7,12-15H2,(H,24,26)/t18-/m0/s1. The van der Waals surface area contributed by atoms with Crippen LogP contribution in [0.2, 0.25) is 5.02 Å². The molecule has 0 unspecified atom stereocenters. The van der Waals surface area contributed by atoms with E-state index in [1.54, 1.807) is 0 Å². The second kappa shape index (κ2) is 11.3. The molecule has 10 heteroatoms. The molecule has 3 rings (SSSR count). The minimum Gasteiger partial charge on any atom is -0.376 e. The van der Waals surface area contributed by atoms with E-state index in [2.05, 4.69) is 10.0 Å². The number of carbonyl (C=O) groups excluding carboxylic acids is 2. The summed E-state index contributed by atoms with van der Waals surface area (Å²) in [5.74, 6) is -0.689. The Morgan fingerprint density at radius 3 is 2.42 bits per heavy atom. The molecule has 172 valence electrons. The van der Waals surface area contributed by atoms with Crippen molar-refractivity contribution in [3.05, 3.63) is 29.3 Å². The second-order valence-corrected chi connectivity index (χ2v) is 10.3. The number of amides is 2. The Hall–Kier alpha value is -1.68. The molecule has 0 spiro atoms. The highest BCUT2D eigenvalue weighted by molar-refractivity contribution is 7.89. The molecule has 2 amide bonds. The molecule has 2 fully saturated rings. The summed E-state index contributed by atoms with van der Waals surface area (Å²) in [6, 6.07) is 5.83. The van der Waals surface area contributed by atoms with Gasteiger partial charge in [0.05, 0.1) is 24.1 Å². The van der Waals surface area contributed by atoms with Gasteiger partial charge >= 0.3 is 0 Å². The zero-order valence-corrected chi connectivity index (χ0v) is 19.1. The van der Waals surface area contributed by atoms with Gasteiger partial charge in [-0.05, 0) is 49.9 Å². The Morgan fingerprint density at radius 2 is 1.77 bits per heavy atom. The number of sulfonamides is 1. The van der Waals surface area contributed by atoms with Gasteiger partial charge in [-0.2, -0.15) is 0 Å². The molecule has 0 radical (unpaired) electrons. The Kier molecular flexibility index (Phi) is 8.71. The number of benzene rings is 1. The van der Waals surface area contributed by atoms with Crippen molar-refractivity contribution in [1.82, 2.24) is 14.9 Å². The first-order valence-electron chi connectivity index (χ1n) is 10.8. The third-order valence-electron chi connectivity index (χ3n) is 5.64. The minimum absolute atomic E-state index is 0.0189. The van der Waals surface area contributed by atoms with Crippen LogP contribution in [0.15, 0.2) is 29.2 Å². The van der Waals surface area contributed by atoms with E-state index in [-0.39, 0.29) is 36.0 Å². The maximum Gasteiger partial charge on any atom is 0.241 e. The van der Waals surface area contributed by atoms with E-state index in [9.17, 15) is 18.0 Å². The van der Waals surface area contributed by atoms with Gasteiger partial charge in [0.1, 0.15) is 0 Å². The Morgan fingerprint density at radius 1 is 1.06 bits per heavy atom. The van der Waals surface area contributed by atoms with Gasteiger partial charge in [-0.25, -0.2) is 13.1 Å². The average Bonchev–Trinajstić information content (AvgIpc) is 3.26. The van der Waals surface area contributed by atoms with Crippen LogP contribution in [-0.2, 0) is 24.3 Å². The van der Waals surface area contributed by atoms with E-state index in [1.807, 2.05) is 0 Å². The van der Waals surface area contributed by atoms with Crippen LogP contribution in [-0.4, -0.2) is 63.5 Å². The van der Waals surface area contributed by atoms with Crippen LogP contribution < -0.4 is 10.0 Å². The summed E-state index contributed by atoms with van der Waals surface area (Å²) in [7, 11) is -3.87. The molecule has 1 aromatic carbocycles. The molecule has 2 aliphatic rings. The number of hydrogen-bond donors (Lipinski definition) is 2. The van der Waals surface area contributed by atoms with Crippen molar-refractivity contribution >= 4 is 33.4 Å². The molecule has 1 saturated carbocycles. The summed E-state index contributed by atoms with van der Waals surface area (Å²) < 4.78 is 32.9. The van der Waals surface area contributed by atoms with Crippen molar-refractivity contribution in [2.24, 2.45) is 0 Å². The lowest BCUT2D eigenvalue weighted by Gasteiger charge is -2.27. The van der Waals surface area contributed by atoms with Gasteiger partial charge in [-0.3, -0.25) is 9.59 Å². The van der Waals surface area contributed by atoms with Crippen LogP contribution in [0.3, 0.4) is 0 Å². The number of rotatable bonds is 9. The van der Waals surface area contributed by atoms with Gasteiger partial charge in [0.25, 0.3) is 0 Å². The molecule has 0 aromatic heterocycles. The van der Waals surface area contributed by atoms with E-state index in [1.165, 1.54) is 35.6 Å². The van der Waals surface area contributed by atoms with Crippen LogP contribution in [0, 0.1) is 0 Å². The topological polar surface area (TPSA) is 105 Å².